The SMILES string of the molecule is CCCc1noc(-c2cc([N+](=O)[O-])ccc2Cl)n1. The zero-order valence-electron chi connectivity index (χ0n) is 9.59. The minimum Gasteiger partial charge on any atom is -0.334 e. The van der Waals surface area contributed by atoms with Crippen molar-refractivity contribution >= 4 is 17.3 Å². The van der Waals surface area contributed by atoms with E-state index in [9.17, 15) is 10.1 Å². The number of benzene rings is 1. The molecule has 1 aromatic carbocycles. The van der Waals surface area contributed by atoms with Gasteiger partial charge in [-0.15, -0.1) is 0 Å². The Morgan fingerprint density at radius 3 is 2.94 bits per heavy atom. The van der Waals surface area contributed by atoms with Gasteiger partial charge in [0, 0.05) is 18.6 Å². The Hall–Kier alpha value is -1.95. The fraction of sp³-hybridized carbons (Fsp3) is 0.273. The van der Waals surface area contributed by atoms with E-state index in [1.807, 2.05) is 6.92 Å². The van der Waals surface area contributed by atoms with E-state index >= 15 is 0 Å². The third kappa shape index (κ3) is 2.48. The van der Waals surface area contributed by atoms with Crippen LogP contribution in [-0.2, 0) is 6.42 Å². The molecule has 0 fully saturated rings. The van der Waals surface area contributed by atoms with E-state index in [4.69, 9.17) is 16.1 Å². The van der Waals surface area contributed by atoms with Crippen molar-refractivity contribution < 1.29 is 9.45 Å². The van der Waals surface area contributed by atoms with Crippen LogP contribution in [-0.4, -0.2) is 15.1 Å². The second kappa shape index (κ2) is 5.14. The number of non-ortho nitro benzene ring substituents is 1. The molecule has 18 heavy (non-hydrogen) atoms. The standard InChI is InChI=1S/C11H10ClN3O3/c1-2-3-10-13-11(18-14-10)8-6-7(15(16)17)4-5-9(8)12/h4-6H,2-3H2,1H3. The highest BCUT2D eigenvalue weighted by atomic mass is 35.5. The minimum atomic E-state index is -0.497. The molecule has 2 rings (SSSR count). The maximum Gasteiger partial charge on any atom is 0.270 e. The third-order valence-electron chi connectivity index (χ3n) is 2.33. The van der Waals surface area contributed by atoms with E-state index in [2.05, 4.69) is 10.1 Å². The number of nitro groups is 1. The zero-order chi connectivity index (χ0) is 13.1. The maximum atomic E-state index is 10.7. The van der Waals surface area contributed by atoms with Crippen LogP contribution in [0.25, 0.3) is 11.5 Å². The number of hydrogen-bond donors (Lipinski definition) is 0. The molecule has 0 aliphatic heterocycles. The average molecular weight is 268 g/mol. The molecule has 7 heteroatoms. The monoisotopic (exact) mass is 267 g/mol. The van der Waals surface area contributed by atoms with Crippen molar-refractivity contribution in [2.75, 3.05) is 0 Å². The average Bonchev–Trinajstić information content (AvgIpc) is 2.78. The molecular weight excluding hydrogens is 258 g/mol. The van der Waals surface area contributed by atoms with Crippen molar-refractivity contribution in [1.82, 2.24) is 10.1 Å². The molecule has 0 aliphatic rings. The molecular formula is C11H10ClN3O3. The van der Waals surface area contributed by atoms with Gasteiger partial charge in [-0.05, 0) is 12.5 Å². The van der Waals surface area contributed by atoms with Crippen molar-refractivity contribution in [3.8, 4) is 11.5 Å². The predicted octanol–water partition coefficient (Wildman–Crippen LogP) is 3.25. The summed E-state index contributed by atoms with van der Waals surface area (Å²) >= 11 is 5.97. The van der Waals surface area contributed by atoms with E-state index in [1.54, 1.807) is 0 Å². The number of nitro benzene ring substituents is 1. The Morgan fingerprint density at radius 2 is 2.28 bits per heavy atom. The molecule has 2 aromatic rings. The van der Waals surface area contributed by atoms with E-state index < -0.39 is 4.92 Å². The van der Waals surface area contributed by atoms with Crippen molar-refractivity contribution in [2.45, 2.75) is 19.8 Å². The maximum absolute atomic E-state index is 10.7. The number of halogens is 1. The number of aromatic nitrogens is 2. The van der Waals surface area contributed by atoms with Crippen molar-refractivity contribution in [3.05, 3.63) is 39.2 Å². The quantitative estimate of drug-likeness (QED) is 0.627. The predicted molar refractivity (Wildman–Crippen MR) is 65.4 cm³/mol. The van der Waals surface area contributed by atoms with E-state index in [0.717, 1.165) is 6.42 Å². The Bertz CT molecular complexity index is 583. The van der Waals surface area contributed by atoms with Crippen LogP contribution in [0.1, 0.15) is 19.2 Å². The lowest BCUT2D eigenvalue weighted by molar-refractivity contribution is -0.384. The molecule has 0 unspecified atom stereocenters. The Labute approximate surface area is 108 Å². The first-order valence-electron chi connectivity index (χ1n) is 5.38. The molecule has 0 saturated carbocycles. The van der Waals surface area contributed by atoms with Crippen LogP contribution < -0.4 is 0 Å². The summed E-state index contributed by atoms with van der Waals surface area (Å²) in [6, 6.07) is 4.10. The first-order valence-corrected chi connectivity index (χ1v) is 5.76. The zero-order valence-corrected chi connectivity index (χ0v) is 10.3. The van der Waals surface area contributed by atoms with Gasteiger partial charge in [-0.1, -0.05) is 23.7 Å². The van der Waals surface area contributed by atoms with Crippen LogP contribution >= 0.6 is 11.6 Å². The number of hydrogen-bond acceptors (Lipinski definition) is 5. The lowest BCUT2D eigenvalue weighted by Gasteiger charge is -1.98. The second-order valence-electron chi connectivity index (χ2n) is 3.69. The number of nitrogens with zero attached hydrogens (tertiary/aromatic N) is 3. The second-order valence-corrected chi connectivity index (χ2v) is 4.09. The Morgan fingerprint density at radius 1 is 1.50 bits per heavy atom. The summed E-state index contributed by atoms with van der Waals surface area (Å²) in [6.45, 7) is 2.00. The minimum absolute atomic E-state index is 0.0651. The molecule has 1 aromatic heterocycles. The Balaban J connectivity index is 2.41. The van der Waals surface area contributed by atoms with Gasteiger partial charge in [-0.3, -0.25) is 10.1 Å². The van der Waals surface area contributed by atoms with Crippen LogP contribution in [0.15, 0.2) is 22.7 Å². The number of rotatable bonds is 4. The van der Waals surface area contributed by atoms with Crippen LogP contribution in [0.2, 0.25) is 5.02 Å². The van der Waals surface area contributed by atoms with Crippen molar-refractivity contribution in [1.29, 1.82) is 0 Å². The van der Waals surface area contributed by atoms with Crippen LogP contribution in [0.3, 0.4) is 0 Å². The van der Waals surface area contributed by atoms with Gasteiger partial charge in [0.25, 0.3) is 11.6 Å². The van der Waals surface area contributed by atoms with E-state index in [0.29, 0.717) is 22.8 Å². The summed E-state index contributed by atoms with van der Waals surface area (Å²) in [7, 11) is 0. The van der Waals surface area contributed by atoms with E-state index in [-0.39, 0.29) is 11.6 Å². The summed E-state index contributed by atoms with van der Waals surface area (Å²) < 4.78 is 5.05. The molecule has 0 amide bonds. The first kappa shape index (κ1) is 12.5. The highest BCUT2D eigenvalue weighted by Gasteiger charge is 2.16. The summed E-state index contributed by atoms with van der Waals surface area (Å²) in [5.41, 5.74) is 0.311. The fourth-order valence-corrected chi connectivity index (χ4v) is 1.68. The van der Waals surface area contributed by atoms with Crippen LogP contribution in [0.5, 0.6) is 0 Å². The highest BCUT2D eigenvalue weighted by molar-refractivity contribution is 6.33. The molecule has 0 aliphatic carbocycles. The van der Waals surface area contributed by atoms with Gasteiger partial charge < -0.3 is 4.52 Å². The molecule has 94 valence electrons. The summed E-state index contributed by atoms with van der Waals surface area (Å²) in [5, 5.41) is 14.8. The van der Waals surface area contributed by atoms with Gasteiger partial charge in [0.15, 0.2) is 5.82 Å². The van der Waals surface area contributed by atoms with E-state index in [1.165, 1.54) is 18.2 Å². The summed E-state index contributed by atoms with van der Waals surface area (Å²) in [5.74, 6) is 0.766. The fourth-order valence-electron chi connectivity index (χ4n) is 1.48. The van der Waals surface area contributed by atoms with Crippen molar-refractivity contribution in [3.63, 3.8) is 0 Å². The summed E-state index contributed by atoms with van der Waals surface area (Å²) in [6.07, 6.45) is 1.58. The summed E-state index contributed by atoms with van der Waals surface area (Å²) in [4.78, 5) is 14.3. The number of aryl methyl sites for hydroxylation is 1. The van der Waals surface area contributed by atoms with Crippen LogP contribution in [0, 0.1) is 10.1 Å². The van der Waals surface area contributed by atoms with Gasteiger partial charge in [0.1, 0.15) is 0 Å². The molecule has 0 N–H and O–H groups in total. The van der Waals surface area contributed by atoms with Crippen molar-refractivity contribution in [2.24, 2.45) is 0 Å². The first-order chi connectivity index (χ1) is 8.61. The molecule has 6 nitrogen and oxygen atoms in total. The van der Waals surface area contributed by atoms with Gasteiger partial charge in [0.05, 0.1) is 15.5 Å². The van der Waals surface area contributed by atoms with Gasteiger partial charge in [-0.2, -0.15) is 4.98 Å². The van der Waals surface area contributed by atoms with Gasteiger partial charge >= 0.3 is 0 Å². The normalized spacial score (nSPS) is 10.6. The molecule has 0 spiro atoms. The highest BCUT2D eigenvalue weighted by Crippen LogP contribution is 2.30. The molecule has 1 heterocycles. The van der Waals surface area contributed by atoms with Crippen LogP contribution in [0.4, 0.5) is 5.69 Å². The molecule has 0 bridgehead atoms. The lowest BCUT2D eigenvalue weighted by Crippen LogP contribution is -1.90. The topological polar surface area (TPSA) is 82.1 Å². The van der Waals surface area contributed by atoms with Gasteiger partial charge in [0.2, 0.25) is 0 Å². The smallest absolute Gasteiger partial charge is 0.270 e. The molecule has 0 radical (unpaired) electrons. The Kier molecular flexibility index (Phi) is 3.57. The molecule has 0 saturated heterocycles. The van der Waals surface area contributed by atoms with Gasteiger partial charge in [-0.25, -0.2) is 0 Å². The lowest BCUT2D eigenvalue weighted by atomic mass is 10.2. The third-order valence-corrected chi connectivity index (χ3v) is 2.66. The molecule has 0 atom stereocenters. The largest absolute Gasteiger partial charge is 0.334 e.